The summed E-state index contributed by atoms with van der Waals surface area (Å²) in [6, 6.07) is 4.51. The predicted molar refractivity (Wildman–Crippen MR) is 153 cm³/mol. The fourth-order valence-corrected chi connectivity index (χ4v) is 6.95. The minimum atomic E-state index is -0.844. The van der Waals surface area contributed by atoms with Crippen LogP contribution in [0.3, 0.4) is 0 Å². The van der Waals surface area contributed by atoms with Crippen LogP contribution in [0.5, 0.6) is 0 Å². The standard InChI is InChI=1S/C31H38N6O4/c1-18-9-10-23(26(38)34-18)37-27(39)21-7-6-8-22(24(21)28(37)40)32-15-19-16-33-36(17-19)20-11-13-35(14-12-20)29(41)25-30(2,3)31(25,4)5/h6-8,16-17,20,23,25,32H,1,9-15H2,2-5H3,(H,34,38). The summed E-state index contributed by atoms with van der Waals surface area (Å²) in [6.45, 7) is 14.4. The number of piperidine rings is 2. The van der Waals surface area contributed by atoms with E-state index in [4.69, 9.17) is 0 Å². The van der Waals surface area contributed by atoms with Crippen LogP contribution in [0.1, 0.15) is 85.7 Å². The minimum absolute atomic E-state index is 0.0416. The van der Waals surface area contributed by atoms with Crippen LogP contribution in [0.15, 0.2) is 42.9 Å². The molecule has 6 rings (SSSR count). The molecular formula is C31H38N6O4. The first-order valence-corrected chi connectivity index (χ1v) is 14.5. The van der Waals surface area contributed by atoms with E-state index in [0.717, 1.165) is 36.4 Å². The van der Waals surface area contributed by atoms with Crippen molar-refractivity contribution in [3.05, 3.63) is 59.6 Å². The molecule has 216 valence electrons. The lowest BCUT2D eigenvalue weighted by molar-refractivity contribution is -0.135. The lowest BCUT2D eigenvalue weighted by atomic mass is 10.0. The van der Waals surface area contributed by atoms with Crippen molar-refractivity contribution in [2.45, 2.75) is 72.0 Å². The largest absolute Gasteiger partial charge is 0.380 e. The number of fused-ring (bicyclic) bond motifs is 1. The molecule has 0 spiro atoms. The van der Waals surface area contributed by atoms with Crippen molar-refractivity contribution in [2.75, 3.05) is 18.4 Å². The molecule has 1 aromatic heterocycles. The van der Waals surface area contributed by atoms with E-state index in [9.17, 15) is 19.2 Å². The van der Waals surface area contributed by atoms with E-state index in [2.05, 4.69) is 50.0 Å². The SMILES string of the molecule is C=C1CCC(N2C(=O)c3cccc(NCc4cnn(C5CCN(C(=O)C6C(C)(C)C6(C)C)CC5)c4)c3C2=O)C(=O)N1. The maximum absolute atomic E-state index is 13.4. The normalized spacial score (nSPS) is 24.0. The Labute approximate surface area is 240 Å². The number of anilines is 1. The van der Waals surface area contributed by atoms with Crippen LogP contribution >= 0.6 is 0 Å². The van der Waals surface area contributed by atoms with E-state index >= 15 is 0 Å². The lowest BCUT2D eigenvalue weighted by Gasteiger charge is -2.32. The van der Waals surface area contributed by atoms with Crippen LogP contribution in [0, 0.1) is 16.7 Å². The molecular weight excluding hydrogens is 520 g/mol. The van der Waals surface area contributed by atoms with E-state index in [-0.39, 0.29) is 34.6 Å². The molecule has 1 aliphatic carbocycles. The van der Waals surface area contributed by atoms with Gasteiger partial charge in [0, 0.05) is 48.7 Å². The topological polar surface area (TPSA) is 117 Å². The number of hydrogen-bond acceptors (Lipinski definition) is 6. The summed E-state index contributed by atoms with van der Waals surface area (Å²) in [6.07, 6.45) is 6.40. The Hall–Kier alpha value is -3.95. The maximum Gasteiger partial charge on any atom is 0.264 e. The molecule has 4 amide bonds. The van der Waals surface area contributed by atoms with Crippen molar-refractivity contribution in [1.29, 1.82) is 0 Å². The zero-order valence-electron chi connectivity index (χ0n) is 24.2. The summed E-state index contributed by atoms with van der Waals surface area (Å²) in [4.78, 5) is 55.3. The number of carbonyl (C=O) groups excluding carboxylic acids is 4. The molecule has 1 atom stereocenters. The zero-order valence-corrected chi connectivity index (χ0v) is 24.2. The Morgan fingerprint density at radius 3 is 2.44 bits per heavy atom. The van der Waals surface area contributed by atoms with Crippen molar-refractivity contribution in [2.24, 2.45) is 16.7 Å². The minimum Gasteiger partial charge on any atom is -0.380 e. The predicted octanol–water partition coefficient (Wildman–Crippen LogP) is 3.73. The van der Waals surface area contributed by atoms with Crippen LogP contribution in [0.4, 0.5) is 5.69 Å². The van der Waals surface area contributed by atoms with Gasteiger partial charge in [-0.25, -0.2) is 0 Å². The fraction of sp³-hybridized carbons (Fsp3) is 0.516. The first kappa shape index (κ1) is 27.2. The molecule has 0 bridgehead atoms. The van der Waals surface area contributed by atoms with E-state index in [1.807, 2.05) is 15.8 Å². The van der Waals surface area contributed by atoms with Crippen LogP contribution in [-0.4, -0.2) is 62.3 Å². The Bertz CT molecular complexity index is 1450. The molecule has 1 unspecified atom stereocenters. The molecule has 3 aliphatic heterocycles. The summed E-state index contributed by atoms with van der Waals surface area (Å²) in [5, 5.41) is 10.6. The van der Waals surface area contributed by atoms with Crippen molar-refractivity contribution < 1.29 is 19.2 Å². The molecule has 1 aromatic carbocycles. The van der Waals surface area contributed by atoms with Gasteiger partial charge in [0.2, 0.25) is 11.8 Å². The number of amides is 4. The van der Waals surface area contributed by atoms with Crippen molar-refractivity contribution in [3.8, 4) is 0 Å². The Morgan fingerprint density at radius 2 is 1.78 bits per heavy atom. The average molecular weight is 559 g/mol. The molecule has 3 fully saturated rings. The molecule has 4 aliphatic rings. The van der Waals surface area contributed by atoms with E-state index in [0.29, 0.717) is 41.9 Å². The second-order valence-corrected chi connectivity index (χ2v) is 13.0. The van der Waals surface area contributed by atoms with Crippen molar-refractivity contribution in [3.63, 3.8) is 0 Å². The molecule has 2 N–H and O–H groups in total. The van der Waals surface area contributed by atoms with E-state index in [1.165, 1.54) is 0 Å². The van der Waals surface area contributed by atoms with Crippen LogP contribution in [0.25, 0.3) is 0 Å². The van der Waals surface area contributed by atoms with Crippen molar-refractivity contribution in [1.82, 2.24) is 24.9 Å². The first-order chi connectivity index (χ1) is 19.4. The number of nitrogens with zero attached hydrogens (tertiary/aromatic N) is 4. The summed E-state index contributed by atoms with van der Waals surface area (Å²) in [5.41, 5.74) is 2.76. The van der Waals surface area contributed by atoms with Crippen LogP contribution in [0.2, 0.25) is 0 Å². The third kappa shape index (κ3) is 4.35. The molecule has 0 radical (unpaired) electrons. The van der Waals surface area contributed by atoms with Gasteiger partial charge in [0.15, 0.2) is 0 Å². The number of allylic oxidation sites excluding steroid dienone is 1. The highest BCUT2D eigenvalue weighted by Crippen LogP contribution is 2.68. The van der Waals surface area contributed by atoms with Gasteiger partial charge in [0.05, 0.1) is 23.4 Å². The quantitative estimate of drug-likeness (QED) is 0.522. The zero-order chi connectivity index (χ0) is 29.3. The number of carbonyl (C=O) groups is 4. The first-order valence-electron chi connectivity index (χ1n) is 14.5. The third-order valence-electron chi connectivity index (χ3n) is 10.1. The van der Waals surface area contributed by atoms with Gasteiger partial charge >= 0.3 is 0 Å². The smallest absolute Gasteiger partial charge is 0.264 e. The average Bonchev–Trinajstić information content (AvgIpc) is 3.28. The maximum atomic E-state index is 13.4. The van der Waals surface area contributed by atoms with Gasteiger partial charge in [-0.15, -0.1) is 0 Å². The Kier molecular flexibility index (Phi) is 6.35. The van der Waals surface area contributed by atoms with E-state index < -0.39 is 17.9 Å². The van der Waals surface area contributed by atoms with Gasteiger partial charge in [0.1, 0.15) is 6.04 Å². The molecule has 2 saturated heterocycles. The van der Waals surface area contributed by atoms with Gasteiger partial charge in [-0.3, -0.25) is 28.8 Å². The number of aromatic nitrogens is 2. The molecule has 4 heterocycles. The number of rotatable bonds is 6. The summed E-state index contributed by atoms with van der Waals surface area (Å²) < 4.78 is 1.98. The van der Waals surface area contributed by atoms with Gasteiger partial charge in [-0.05, 0) is 48.6 Å². The van der Waals surface area contributed by atoms with E-state index in [1.54, 1.807) is 24.4 Å². The summed E-state index contributed by atoms with van der Waals surface area (Å²) in [5.74, 6) is -0.931. The van der Waals surface area contributed by atoms with Gasteiger partial charge in [-0.2, -0.15) is 5.10 Å². The second-order valence-electron chi connectivity index (χ2n) is 13.0. The van der Waals surface area contributed by atoms with Gasteiger partial charge in [-0.1, -0.05) is 40.3 Å². The number of benzene rings is 1. The molecule has 1 saturated carbocycles. The summed E-state index contributed by atoms with van der Waals surface area (Å²) in [7, 11) is 0. The third-order valence-corrected chi connectivity index (χ3v) is 10.1. The molecule has 2 aromatic rings. The Balaban J connectivity index is 1.08. The Morgan fingerprint density at radius 1 is 1.07 bits per heavy atom. The van der Waals surface area contributed by atoms with Crippen LogP contribution in [-0.2, 0) is 16.1 Å². The van der Waals surface area contributed by atoms with Gasteiger partial charge in [0.25, 0.3) is 11.8 Å². The molecule has 10 heteroatoms. The summed E-state index contributed by atoms with van der Waals surface area (Å²) >= 11 is 0. The number of imide groups is 1. The molecule has 41 heavy (non-hydrogen) atoms. The molecule has 10 nitrogen and oxygen atoms in total. The number of likely N-dealkylation sites (tertiary alicyclic amines) is 1. The number of hydrogen-bond donors (Lipinski definition) is 2. The highest BCUT2D eigenvalue weighted by molar-refractivity contribution is 6.25. The van der Waals surface area contributed by atoms with Crippen LogP contribution < -0.4 is 10.6 Å². The monoisotopic (exact) mass is 558 g/mol. The fourth-order valence-electron chi connectivity index (χ4n) is 6.95. The number of nitrogens with one attached hydrogen (secondary N) is 2. The highest BCUT2D eigenvalue weighted by atomic mass is 16.2. The highest BCUT2D eigenvalue weighted by Gasteiger charge is 2.68. The van der Waals surface area contributed by atoms with Gasteiger partial charge < -0.3 is 15.5 Å². The second kappa shape index (κ2) is 9.56. The van der Waals surface area contributed by atoms with Crippen molar-refractivity contribution >= 4 is 29.3 Å². The lowest BCUT2D eigenvalue weighted by Crippen LogP contribution is -2.51.